The first-order chi connectivity index (χ1) is 13.8. The van der Waals surface area contributed by atoms with Crippen LogP contribution >= 0.6 is 0 Å². The smallest absolute Gasteiger partial charge is 0.261 e. The fraction of sp³-hybridized carbons (Fsp3) is 0.174. The number of anilines is 1. The Morgan fingerprint density at radius 2 is 1.62 bits per heavy atom. The fourth-order valence-corrected chi connectivity index (χ4v) is 4.21. The zero-order valence-electron chi connectivity index (χ0n) is 16.6. The van der Waals surface area contributed by atoms with Crippen molar-refractivity contribution in [2.24, 2.45) is 0 Å². The normalized spacial score (nSPS) is 12.2. The van der Waals surface area contributed by atoms with E-state index in [2.05, 4.69) is 10.0 Å². The molecule has 0 fully saturated rings. The number of carbonyl (C=O) groups excluding carboxylic acids is 1. The molecule has 0 spiro atoms. The van der Waals surface area contributed by atoms with Crippen LogP contribution in [0, 0.1) is 13.8 Å². The Balaban J connectivity index is 1.79. The van der Waals surface area contributed by atoms with Crippen molar-refractivity contribution in [3.05, 3.63) is 95.1 Å². The molecule has 0 saturated carbocycles. The van der Waals surface area contributed by atoms with Crippen LogP contribution in [0.2, 0.25) is 0 Å². The van der Waals surface area contributed by atoms with E-state index in [0.29, 0.717) is 5.69 Å². The Bertz CT molecular complexity index is 1130. The van der Waals surface area contributed by atoms with E-state index in [4.69, 9.17) is 0 Å². The van der Waals surface area contributed by atoms with Gasteiger partial charge in [0.15, 0.2) is 0 Å². The summed E-state index contributed by atoms with van der Waals surface area (Å²) in [6.45, 7) is 5.92. The molecule has 0 heterocycles. The van der Waals surface area contributed by atoms with Gasteiger partial charge >= 0.3 is 0 Å². The molecule has 0 saturated heterocycles. The van der Waals surface area contributed by atoms with E-state index in [9.17, 15) is 13.2 Å². The van der Waals surface area contributed by atoms with Crippen molar-refractivity contribution in [1.29, 1.82) is 0 Å². The zero-order valence-corrected chi connectivity index (χ0v) is 17.5. The summed E-state index contributed by atoms with van der Waals surface area (Å²) in [6.07, 6.45) is 0. The van der Waals surface area contributed by atoms with Crippen molar-refractivity contribution in [3.63, 3.8) is 0 Å². The number of carbonyl (C=O) groups is 1. The third-order valence-electron chi connectivity index (χ3n) is 4.68. The summed E-state index contributed by atoms with van der Waals surface area (Å²) < 4.78 is 27.8. The third kappa shape index (κ3) is 5.03. The van der Waals surface area contributed by atoms with Gasteiger partial charge in [-0.05, 0) is 62.2 Å². The van der Waals surface area contributed by atoms with Crippen LogP contribution in [0.15, 0.2) is 77.7 Å². The van der Waals surface area contributed by atoms with Crippen LogP contribution in [-0.2, 0) is 10.0 Å². The van der Waals surface area contributed by atoms with E-state index >= 15 is 0 Å². The molecule has 1 atom stereocenters. The molecule has 0 aliphatic rings. The molecule has 0 aliphatic heterocycles. The lowest BCUT2D eigenvalue weighted by Crippen LogP contribution is -2.27. The molecular formula is C23H24N2O3S. The maximum absolute atomic E-state index is 12.7. The summed E-state index contributed by atoms with van der Waals surface area (Å²) in [6, 6.07) is 20.6. The van der Waals surface area contributed by atoms with Gasteiger partial charge in [-0.3, -0.25) is 9.52 Å². The van der Waals surface area contributed by atoms with E-state index in [-0.39, 0.29) is 22.4 Å². The van der Waals surface area contributed by atoms with Gasteiger partial charge in [-0.1, -0.05) is 48.0 Å². The van der Waals surface area contributed by atoms with Crippen LogP contribution in [0.3, 0.4) is 0 Å². The number of hydrogen-bond donors (Lipinski definition) is 2. The van der Waals surface area contributed by atoms with Gasteiger partial charge in [-0.25, -0.2) is 8.42 Å². The Kier molecular flexibility index (Phi) is 6.03. The molecular weight excluding hydrogens is 384 g/mol. The molecule has 3 rings (SSSR count). The van der Waals surface area contributed by atoms with Gasteiger partial charge in [0, 0.05) is 11.3 Å². The highest BCUT2D eigenvalue weighted by Gasteiger charge is 2.18. The number of hydrogen-bond acceptors (Lipinski definition) is 3. The Morgan fingerprint density at radius 3 is 2.34 bits per heavy atom. The lowest BCUT2D eigenvalue weighted by Gasteiger charge is -2.18. The Hall–Kier alpha value is -3.12. The molecule has 0 aromatic heterocycles. The highest BCUT2D eigenvalue weighted by Crippen LogP contribution is 2.21. The van der Waals surface area contributed by atoms with E-state index in [1.165, 1.54) is 12.1 Å². The SMILES string of the molecule is Cc1ccc(C)c([C@H](C)NC(=O)c2cccc(S(=O)(=O)Nc3ccccc3)c2)c1. The Morgan fingerprint density at radius 1 is 0.897 bits per heavy atom. The van der Waals surface area contributed by atoms with Crippen LogP contribution in [0.5, 0.6) is 0 Å². The van der Waals surface area contributed by atoms with E-state index in [1.54, 1.807) is 42.5 Å². The fourth-order valence-electron chi connectivity index (χ4n) is 3.11. The topological polar surface area (TPSA) is 75.3 Å². The first-order valence-electron chi connectivity index (χ1n) is 9.32. The van der Waals surface area contributed by atoms with Crippen molar-refractivity contribution in [2.45, 2.75) is 31.7 Å². The van der Waals surface area contributed by atoms with E-state index < -0.39 is 10.0 Å². The number of para-hydroxylation sites is 1. The molecule has 0 unspecified atom stereocenters. The monoisotopic (exact) mass is 408 g/mol. The van der Waals surface area contributed by atoms with Crippen LogP contribution in [-0.4, -0.2) is 14.3 Å². The maximum atomic E-state index is 12.7. The third-order valence-corrected chi connectivity index (χ3v) is 6.06. The number of benzene rings is 3. The molecule has 3 aromatic rings. The number of sulfonamides is 1. The van der Waals surface area contributed by atoms with Crippen LogP contribution < -0.4 is 10.0 Å². The number of amides is 1. The number of aryl methyl sites for hydroxylation is 2. The molecule has 0 radical (unpaired) electrons. The minimum atomic E-state index is -3.79. The average Bonchev–Trinajstić information content (AvgIpc) is 2.70. The van der Waals surface area contributed by atoms with E-state index in [0.717, 1.165) is 16.7 Å². The van der Waals surface area contributed by atoms with Crippen molar-refractivity contribution in [3.8, 4) is 0 Å². The molecule has 0 bridgehead atoms. The lowest BCUT2D eigenvalue weighted by molar-refractivity contribution is 0.0939. The predicted octanol–water partition coefficient (Wildman–Crippen LogP) is 4.60. The quantitative estimate of drug-likeness (QED) is 0.626. The van der Waals surface area contributed by atoms with Crippen molar-refractivity contribution in [2.75, 3.05) is 4.72 Å². The molecule has 5 nitrogen and oxygen atoms in total. The van der Waals surface area contributed by atoms with Gasteiger partial charge in [0.25, 0.3) is 15.9 Å². The minimum absolute atomic E-state index is 0.0355. The first kappa shape index (κ1) is 20.6. The summed E-state index contributed by atoms with van der Waals surface area (Å²) in [4.78, 5) is 12.8. The van der Waals surface area contributed by atoms with Crippen LogP contribution in [0.1, 0.15) is 40.0 Å². The number of rotatable bonds is 6. The number of nitrogens with one attached hydrogen (secondary N) is 2. The summed E-state index contributed by atoms with van der Waals surface area (Å²) in [5, 5.41) is 2.95. The highest BCUT2D eigenvalue weighted by molar-refractivity contribution is 7.92. The van der Waals surface area contributed by atoms with Crippen LogP contribution in [0.4, 0.5) is 5.69 Å². The summed E-state index contributed by atoms with van der Waals surface area (Å²) in [5.74, 6) is -0.324. The molecule has 6 heteroatoms. The first-order valence-corrected chi connectivity index (χ1v) is 10.8. The summed E-state index contributed by atoms with van der Waals surface area (Å²) >= 11 is 0. The zero-order chi connectivity index (χ0) is 21.0. The van der Waals surface area contributed by atoms with Crippen molar-refractivity contribution < 1.29 is 13.2 Å². The minimum Gasteiger partial charge on any atom is -0.346 e. The van der Waals surface area contributed by atoms with Gasteiger partial charge in [0.1, 0.15) is 0 Å². The van der Waals surface area contributed by atoms with Gasteiger partial charge in [-0.2, -0.15) is 0 Å². The van der Waals surface area contributed by atoms with Crippen molar-refractivity contribution in [1.82, 2.24) is 5.32 Å². The van der Waals surface area contributed by atoms with Gasteiger partial charge in [-0.15, -0.1) is 0 Å². The van der Waals surface area contributed by atoms with Crippen molar-refractivity contribution >= 4 is 21.6 Å². The molecule has 29 heavy (non-hydrogen) atoms. The lowest BCUT2D eigenvalue weighted by atomic mass is 10.00. The second-order valence-corrected chi connectivity index (χ2v) is 8.74. The second-order valence-electron chi connectivity index (χ2n) is 7.05. The molecule has 3 aromatic carbocycles. The van der Waals surface area contributed by atoms with Gasteiger partial charge in [0.05, 0.1) is 10.9 Å². The maximum Gasteiger partial charge on any atom is 0.261 e. The average molecular weight is 409 g/mol. The second kappa shape index (κ2) is 8.49. The van der Waals surface area contributed by atoms with Gasteiger partial charge < -0.3 is 5.32 Å². The largest absolute Gasteiger partial charge is 0.346 e. The molecule has 0 aliphatic carbocycles. The molecule has 1 amide bonds. The van der Waals surface area contributed by atoms with Crippen LogP contribution in [0.25, 0.3) is 0 Å². The summed E-state index contributed by atoms with van der Waals surface area (Å²) in [7, 11) is -3.79. The van der Waals surface area contributed by atoms with Gasteiger partial charge in [0.2, 0.25) is 0 Å². The molecule has 2 N–H and O–H groups in total. The highest BCUT2D eigenvalue weighted by atomic mass is 32.2. The predicted molar refractivity (Wildman–Crippen MR) is 115 cm³/mol. The van der Waals surface area contributed by atoms with E-state index in [1.807, 2.05) is 39.0 Å². The molecule has 150 valence electrons. The Labute approximate surface area is 171 Å². The standard InChI is InChI=1S/C23H24N2O3S/c1-16-12-13-17(2)22(14-16)18(3)24-23(26)19-8-7-11-21(15-19)29(27,28)25-20-9-5-4-6-10-20/h4-15,18,25H,1-3H3,(H,24,26)/t18-/m0/s1. The summed E-state index contributed by atoms with van der Waals surface area (Å²) in [5.41, 5.74) is 4.00.